The van der Waals surface area contributed by atoms with E-state index in [1.807, 2.05) is 35.2 Å². The number of carbonyl (C=O) groups is 1. The van der Waals surface area contributed by atoms with Gasteiger partial charge < -0.3 is 15.0 Å². The molecule has 124 valence electrons. The van der Waals surface area contributed by atoms with Crippen molar-refractivity contribution >= 4 is 17.6 Å². The standard InChI is InChI=1S/C18H18ClN3O2/c19-17-6-5-12-11-22(9-7-14(12)20-17)18(23)21-15-8-10-24-16-4-2-1-3-13(15)16/h1-6,15H,7-11H2,(H,21,23). The minimum absolute atomic E-state index is 0.00723. The fourth-order valence-corrected chi connectivity index (χ4v) is 3.46. The average molecular weight is 344 g/mol. The Morgan fingerprint density at radius 2 is 2.17 bits per heavy atom. The summed E-state index contributed by atoms with van der Waals surface area (Å²) in [7, 11) is 0. The monoisotopic (exact) mass is 343 g/mol. The molecule has 24 heavy (non-hydrogen) atoms. The summed E-state index contributed by atoms with van der Waals surface area (Å²) in [5.41, 5.74) is 3.10. The van der Waals surface area contributed by atoms with Gasteiger partial charge in [0.15, 0.2) is 0 Å². The fourth-order valence-electron chi connectivity index (χ4n) is 3.30. The summed E-state index contributed by atoms with van der Waals surface area (Å²) in [4.78, 5) is 18.9. The Balaban J connectivity index is 1.47. The number of aromatic nitrogens is 1. The van der Waals surface area contributed by atoms with Gasteiger partial charge in [0, 0.05) is 37.2 Å². The van der Waals surface area contributed by atoms with Gasteiger partial charge in [0.05, 0.1) is 12.6 Å². The van der Waals surface area contributed by atoms with E-state index in [9.17, 15) is 4.79 Å². The van der Waals surface area contributed by atoms with Crippen LogP contribution in [0.4, 0.5) is 4.79 Å². The van der Waals surface area contributed by atoms with Crippen LogP contribution in [0.2, 0.25) is 5.15 Å². The first kappa shape index (κ1) is 15.3. The normalized spacial score (nSPS) is 19.0. The van der Waals surface area contributed by atoms with Crippen LogP contribution in [0.25, 0.3) is 0 Å². The fraction of sp³-hybridized carbons (Fsp3) is 0.333. The number of urea groups is 1. The minimum atomic E-state index is -0.0442. The summed E-state index contributed by atoms with van der Waals surface area (Å²) in [6, 6.07) is 11.5. The Labute approximate surface area is 145 Å². The lowest BCUT2D eigenvalue weighted by molar-refractivity contribution is 0.181. The molecule has 2 aromatic rings. The van der Waals surface area contributed by atoms with Crippen molar-refractivity contribution in [2.75, 3.05) is 13.2 Å². The van der Waals surface area contributed by atoms with Gasteiger partial charge in [-0.3, -0.25) is 0 Å². The van der Waals surface area contributed by atoms with Crippen LogP contribution in [0.5, 0.6) is 5.75 Å². The number of halogens is 1. The van der Waals surface area contributed by atoms with E-state index in [1.165, 1.54) is 0 Å². The van der Waals surface area contributed by atoms with Gasteiger partial charge in [-0.15, -0.1) is 0 Å². The molecule has 4 rings (SSSR count). The second-order valence-electron chi connectivity index (χ2n) is 6.09. The van der Waals surface area contributed by atoms with Gasteiger partial charge in [-0.05, 0) is 17.7 Å². The lowest BCUT2D eigenvalue weighted by Crippen LogP contribution is -2.45. The molecule has 2 aliphatic rings. The zero-order valence-electron chi connectivity index (χ0n) is 13.2. The first-order chi connectivity index (χ1) is 11.7. The topological polar surface area (TPSA) is 54.5 Å². The van der Waals surface area contributed by atoms with E-state index < -0.39 is 0 Å². The Bertz CT molecular complexity index is 781. The van der Waals surface area contributed by atoms with Crippen molar-refractivity contribution in [1.29, 1.82) is 0 Å². The smallest absolute Gasteiger partial charge is 0.318 e. The van der Waals surface area contributed by atoms with Gasteiger partial charge in [-0.25, -0.2) is 9.78 Å². The molecule has 1 atom stereocenters. The SMILES string of the molecule is O=C(NC1CCOc2ccccc21)N1CCc2nc(Cl)ccc2C1. The summed E-state index contributed by atoms with van der Waals surface area (Å²) in [6.07, 6.45) is 1.51. The van der Waals surface area contributed by atoms with Gasteiger partial charge in [-0.1, -0.05) is 35.9 Å². The first-order valence-electron chi connectivity index (χ1n) is 8.12. The van der Waals surface area contributed by atoms with Crippen LogP contribution in [-0.2, 0) is 13.0 Å². The van der Waals surface area contributed by atoms with E-state index in [1.54, 1.807) is 6.07 Å². The number of fused-ring (bicyclic) bond motifs is 2. The molecule has 0 bridgehead atoms. The molecule has 0 spiro atoms. The Morgan fingerprint density at radius 3 is 3.08 bits per heavy atom. The number of amides is 2. The quantitative estimate of drug-likeness (QED) is 0.808. The second kappa shape index (κ2) is 6.32. The molecule has 0 radical (unpaired) electrons. The van der Waals surface area contributed by atoms with E-state index in [-0.39, 0.29) is 12.1 Å². The number of nitrogens with one attached hydrogen (secondary N) is 1. The molecule has 1 aromatic carbocycles. The van der Waals surface area contributed by atoms with Crippen molar-refractivity contribution in [3.05, 3.63) is 58.4 Å². The van der Waals surface area contributed by atoms with Gasteiger partial charge >= 0.3 is 6.03 Å². The molecule has 2 aliphatic heterocycles. The summed E-state index contributed by atoms with van der Waals surface area (Å²) >= 11 is 5.94. The van der Waals surface area contributed by atoms with E-state index in [0.717, 1.165) is 35.4 Å². The molecule has 0 saturated heterocycles. The average Bonchev–Trinajstić information content (AvgIpc) is 2.61. The molecule has 1 aromatic heterocycles. The van der Waals surface area contributed by atoms with Crippen LogP contribution in [0.1, 0.15) is 29.3 Å². The Kier molecular flexibility index (Phi) is 4.02. The lowest BCUT2D eigenvalue weighted by atomic mass is 10.0. The van der Waals surface area contributed by atoms with E-state index in [2.05, 4.69) is 10.3 Å². The molecule has 1 N–H and O–H groups in total. The third-order valence-electron chi connectivity index (χ3n) is 4.56. The number of hydrogen-bond acceptors (Lipinski definition) is 3. The van der Waals surface area contributed by atoms with Crippen LogP contribution < -0.4 is 10.1 Å². The van der Waals surface area contributed by atoms with Gasteiger partial charge in [0.25, 0.3) is 0 Å². The summed E-state index contributed by atoms with van der Waals surface area (Å²) < 4.78 is 5.65. The van der Waals surface area contributed by atoms with Crippen LogP contribution >= 0.6 is 11.6 Å². The highest BCUT2D eigenvalue weighted by Gasteiger charge is 2.27. The van der Waals surface area contributed by atoms with Crippen LogP contribution in [0, 0.1) is 0 Å². The van der Waals surface area contributed by atoms with E-state index in [0.29, 0.717) is 24.8 Å². The van der Waals surface area contributed by atoms with Crippen LogP contribution in [0.3, 0.4) is 0 Å². The molecular weight excluding hydrogens is 326 g/mol. The van der Waals surface area contributed by atoms with Crippen molar-refractivity contribution in [2.45, 2.75) is 25.4 Å². The maximum Gasteiger partial charge on any atom is 0.318 e. The number of ether oxygens (including phenoxy) is 1. The highest BCUT2D eigenvalue weighted by molar-refractivity contribution is 6.29. The predicted molar refractivity (Wildman–Crippen MR) is 91.2 cm³/mol. The highest BCUT2D eigenvalue weighted by Crippen LogP contribution is 2.31. The van der Waals surface area contributed by atoms with Crippen LogP contribution in [0.15, 0.2) is 36.4 Å². The summed E-state index contributed by atoms with van der Waals surface area (Å²) in [5, 5.41) is 3.65. The molecule has 2 amide bonds. The molecule has 0 saturated carbocycles. The maximum absolute atomic E-state index is 12.7. The van der Waals surface area contributed by atoms with Crippen molar-refractivity contribution < 1.29 is 9.53 Å². The predicted octanol–water partition coefficient (Wildman–Crippen LogP) is 3.33. The second-order valence-corrected chi connectivity index (χ2v) is 6.48. The minimum Gasteiger partial charge on any atom is -0.493 e. The largest absolute Gasteiger partial charge is 0.493 e. The number of carbonyl (C=O) groups excluding carboxylic acids is 1. The van der Waals surface area contributed by atoms with E-state index in [4.69, 9.17) is 16.3 Å². The third kappa shape index (κ3) is 2.91. The summed E-state index contributed by atoms with van der Waals surface area (Å²) in [5.74, 6) is 0.858. The Hall–Kier alpha value is -2.27. The van der Waals surface area contributed by atoms with Crippen molar-refractivity contribution in [3.63, 3.8) is 0 Å². The molecule has 5 nitrogen and oxygen atoms in total. The van der Waals surface area contributed by atoms with Gasteiger partial charge in [0.1, 0.15) is 10.9 Å². The first-order valence-corrected chi connectivity index (χ1v) is 8.50. The van der Waals surface area contributed by atoms with Crippen molar-refractivity contribution in [1.82, 2.24) is 15.2 Å². The number of pyridine rings is 1. The molecule has 0 aliphatic carbocycles. The summed E-state index contributed by atoms with van der Waals surface area (Å²) in [6.45, 7) is 1.83. The van der Waals surface area contributed by atoms with E-state index >= 15 is 0 Å². The van der Waals surface area contributed by atoms with Crippen molar-refractivity contribution in [2.24, 2.45) is 0 Å². The van der Waals surface area contributed by atoms with Gasteiger partial charge in [0.2, 0.25) is 0 Å². The molecule has 6 heteroatoms. The van der Waals surface area contributed by atoms with Crippen LogP contribution in [-0.4, -0.2) is 29.1 Å². The Morgan fingerprint density at radius 1 is 1.29 bits per heavy atom. The molecule has 3 heterocycles. The molecule has 0 fully saturated rings. The number of nitrogens with zero attached hydrogens (tertiary/aromatic N) is 2. The van der Waals surface area contributed by atoms with Gasteiger partial charge in [-0.2, -0.15) is 0 Å². The molecule has 1 unspecified atom stereocenters. The number of hydrogen-bond donors (Lipinski definition) is 1. The van der Waals surface area contributed by atoms with Crippen molar-refractivity contribution in [3.8, 4) is 5.75 Å². The zero-order chi connectivity index (χ0) is 16.5. The lowest BCUT2D eigenvalue weighted by Gasteiger charge is -2.32. The number of para-hydroxylation sites is 1. The molecular formula is C18H18ClN3O2. The number of rotatable bonds is 1. The number of benzene rings is 1. The maximum atomic E-state index is 12.7. The zero-order valence-corrected chi connectivity index (χ0v) is 13.9. The third-order valence-corrected chi connectivity index (χ3v) is 4.77. The highest BCUT2D eigenvalue weighted by atomic mass is 35.5.